The van der Waals surface area contributed by atoms with E-state index in [0.29, 0.717) is 19.1 Å². The maximum atomic E-state index is 12.6. The summed E-state index contributed by atoms with van der Waals surface area (Å²) >= 11 is 0. The molecule has 0 aliphatic carbocycles. The highest BCUT2D eigenvalue weighted by atomic mass is 16.6. The third-order valence-electron chi connectivity index (χ3n) is 3.27. The van der Waals surface area contributed by atoms with Gasteiger partial charge in [0.2, 0.25) is 0 Å². The van der Waals surface area contributed by atoms with Crippen molar-refractivity contribution in [2.75, 3.05) is 18.5 Å². The zero-order valence-corrected chi connectivity index (χ0v) is 13.8. The van der Waals surface area contributed by atoms with Gasteiger partial charge in [-0.05, 0) is 29.5 Å². The maximum Gasteiger partial charge on any atom is 0.364 e. The highest BCUT2D eigenvalue weighted by Crippen LogP contribution is 2.30. The number of hydrogen-bond donors (Lipinski definition) is 1. The fourth-order valence-electron chi connectivity index (χ4n) is 2.11. The number of esters is 1. The topological polar surface area (TPSA) is 47.6 Å². The SMILES string of the molecule is CC(C)COC(=O)C1(OCC(C)C)C=Cc2ccccc2N1. The molecule has 1 atom stereocenters. The number of ether oxygens (including phenoxy) is 2. The average molecular weight is 303 g/mol. The number of nitrogens with one attached hydrogen (secondary N) is 1. The van der Waals surface area contributed by atoms with E-state index in [0.717, 1.165) is 11.3 Å². The predicted molar refractivity (Wildman–Crippen MR) is 88.4 cm³/mol. The van der Waals surface area contributed by atoms with Gasteiger partial charge in [-0.1, -0.05) is 52.0 Å². The predicted octanol–water partition coefficient (Wildman–Crippen LogP) is 3.69. The van der Waals surface area contributed by atoms with Crippen molar-refractivity contribution < 1.29 is 14.3 Å². The van der Waals surface area contributed by atoms with E-state index in [1.165, 1.54) is 0 Å². The summed E-state index contributed by atoms with van der Waals surface area (Å²) in [5, 5.41) is 3.21. The molecule has 0 amide bonds. The van der Waals surface area contributed by atoms with Gasteiger partial charge < -0.3 is 14.8 Å². The molecule has 0 radical (unpaired) electrons. The fraction of sp³-hybridized carbons (Fsp3) is 0.500. The summed E-state index contributed by atoms with van der Waals surface area (Å²) in [5.74, 6) is 0.209. The zero-order valence-electron chi connectivity index (χ0n) is 13.8. The van der Waals surface area contributed by atoms with Crippen LogP contribution >= 0.6 is 0 Å². The van der Waals surface area contributed by atoms with Gasteiger partial charge >= 0.3 is 5.97 Å². The number of hydrogen-bond acceptors (Lipinski definition) is 4. The van der Waals surface area contributed by atoms with E-state index >= 15 is 0 Å². The van der Waals surface area contributed by atoms with Crippen molar-refractivity contribution in [3.05, 3.63) is 35.9 Å². The lowest BCUT2D eigenvalue weighted by molar-refractivity contribution is -0.165. The van der Waals surface area contributed by atoms with Crippen LogP contribution in [0, 0.1) is 11.8 Å². The fourth-order valence-corrected chi connectivity index (χ4v) is 2.11. The second-order valence-corrected chi connectivity index (χ2v) is 6.48. The quantitative estimate of drug-likeness (QED) is 0.814. The van der Waals surface area contributed by atoms with Gasteiger partial charge in [0.25, 0.3) is 5.72 Å². The molecule has 2 rings (SSSR count). The van der Waals surface area contributed by atoms with Crippen molar-refractivity contribution in [1.82, 2.24) is 0 Å². The molecule has 1 unspecified atom stereocenters. The molecule has 0 spiro atoms. The smallest absolute Gasteiger partial charge is 0.364 e. The minimum absolute atomic E-state index is 0.283. The molecule has 1 aliphatic rings. The molecule has 0 bridgehead atoms. The second kappa shape index (κ2) is 6.97. The van der Waals surface area contributed by atoms with Gasteiger partial charge in [0, 0.05) is 5.69 Å². The van der Waals surface area contributed by atoms with E-state index in [1.54, 1.807) is 6.08 Å². The average Bonchev–Trinajstić information content (AvgIpc) is 2.50. The number of benzene rings is 1. The van der Waals surface area contributed by atoms with Crippen molar-refractivity contribution in [3.63, 3.8) is 0 Å². The van der Waals surface area contributed by atoms with Gasteiger partial charge in [-0.15, -0.1) is 0 Å². The maximum absolute atomic E-state index is 12.6. The molecular weight excluding hydrogens is 278 g/mol. The Labute approximate surface area is 132 Å². The van der Waals surface area contributed by atoms with Crippen molar-refractivity contribution in [2.24, 2.45) is 11.8 Å². The Bertz CT molecular complexity index is 551. The molecule has 0 saturated heterocycles. The van der Waals surface area contributed by atoms with E-state index in [2.05, 4.69) is 5.32 Å². The molecule has 120 valence electrons. The molecule has 1 heterocycles. The molecular formula is C18H25NO3. The summed E-state index contributed by atoms with van der Waals surface area (Å²) in [7, 11) is 0. The summed E-state index contributed by atoms with van der Waals surface area (Å²) in [4.78, 5) is 12.6. The summed E-state index contributed by atoms with van der Waals surface area (Å²) < 4.78 is 11.3. The zero-order chi connectivity index (χ0) is 16.2. The first-order chi connectivity index (χ1) is 10.4. The largest absolute Gasteiger partial charge is 0.462 e. The van der Waals surface area contributed by atoms with E-state index in [9.17, 15) is 4.79 Å². The van der Waals surface area contributed by atoms with Gasteiger partial charge in [-0.25, -0.2) is 4.79 Å². The third-order valence-corrected chi connectivity index (χ3v) is 3.27. The molecule has 1 aromatic carbocycles. The van der Waals surface area contributed by atoms with Crippen molar-refractivity contribution in [3.8, 4) is 0 Å². The summed E-state index contributed by atoms with van der Waals surface area (Å²) in [5.41, 5.74) is 0.659. The third kappa shape index (κ3) is 3.89. The lowest BCUT2D eigenvalue weighted by Crippen LogP contribution is -2.50. The van der Waals surface area contributed by atoms with Crippen LogP contribution in [0.1, 0.15) is 33.3 Å². The van der Waals surface area contributed by atoms with Crippen molar-refractivity contribution in [2.45, 2.75) is 33.4 Å². The van der Waals surface area contributed by atoms with E-state index < -0.39 is 11.7 Å². The van der Waals surface area contributed by atoms with Gasteiger partial charge in [0.1, 0.15) is 0 Å². The second-order valence-electron chi connectivity index (χ2n) is 6.48. The van der Waals surface area contributed by atoms with Crippen LogP contribution in [-0.4, -0.2) is 24.9 Å². The van der Waals surface area contributed by atoms with E-state index in [-0.39, 0.29) is 5.92 Å². The first kappa shape index (κ1) is 16.6. The lowest BCUT2D eigenvalue weighted by atomic mass is 10.0. The molecule has 4 heteroatoms. The molecule has 1 aromatic rings. The number of fused-ring (bicyclic) bond motifs is 1. The minimum atomic E-state index is -1.24. The van der Waals surface area contributed by atoms with E-state index in [4.69, 9.17) is 9.47 Å². The van der Waals surface area contributed by atoms with Crippen LogP contribution in [-0.2, 0) is 14.3 Å². The van der Waals surface area contributed by atoms with Crippen LogP contribution in [0.2, 0.25) is 0 Å². The van der Waals surface area contributed by atoms with Crippen LogP contribution in [0.15, 0.2) is 30.3 Å². The molecule has 0 saturated carbocycles. The first-order valence-corrected chi connectivity index (χ1v) is 7.80. The Morgan fingerprint density at radius 1 is 1.14 bits per heavy atom. The van der Waals surface area contributed by atoms with Crippen LogP contribution in [0.5, 0.6) is 0 Å². The van der Waals surface area contributed by atoms with E-state index in [1.807, 2.05) is 58.0 Å². The van der Waals surface area contributed by atoms with Gasteiger partial charge in [0.05, 0.1) is 13.2 Å². The lowest BCUT2D eigenvalue weighted by Gasteiger charge is -2.34. The van der Waals surface area contributed by atoms with Crippen molar-refractivity contribution in [1.29, 1.82) is 0 Å². The van der Waals surface area contributed by atoms with Gasteiger partial charge in [-0.2, -0.15) is 0 Å². The highest BCUT2D eigenvalue weighted by Gasteiger charge is 2.41. The Kier molecular flexibility index (Phi) is 5.24. The number of anilines is 1. The van der Waals surface area contributed by atoms with Crippen LogP contribution in [0.3, 0.4) is 0 Å². The molecule has 0 aromatic heterocycles. The van der Waals surface area contributed by atoms with Crippen LogP contribution in [0.4, 0.5) is 5.69 Å². The van der Waals surface area contributed by atoms with Gasteiger partial charge in [-0.3, -0.25) is 0 Å². The molecule has 1 aliphatic heterocycles. The number of carbonyl (C=O) groups excluding carboxylic acids is 1. The Morgan fingerprint density at radius 3 is 2.50 bits per heavy atom. The number of carbonyl (C=O) groups is 1. The summed E-state index contributed by atoms with van der Waals surface area (Å²) in [6.07, 6.45) is 3.66. The number of rotatable bonds is 6. The van der Waals surface area contributed by atoms with Crippen molar-refractivity contribution >= 4 is 17.7 Å². The summed E-state index contributed by atoms with van der Waals surface area (Å²) in [6, 6.07) is 7.81. The molecule has 1 N–H and O–H groups in total. The Balaban J connectivity index is 2.22. The summed E-state index contributed by atoms with van der Waals surface area (Å²) in [6.45, 7) is 8.96. The van der Waals surface area contributed by atoms with Gasteiger partial charge in [0.15, 0.2) is 0 Å². The molecule has 22 heavy (non-hydrogen) atoms. The van der Waals surface area contributed by atoms with Crippen LogP contribution in [0.25, 0.3) is 6.08 Å². The molecule has 0 fully saturated rings. The first-order valence-electron chi connectivity index (χ1n) is 7.80. The molecule has 4 nitrogen and oxygen atoms in total. The Morgan fingerprint density at radius 2 is 1.82 bits per heavy atom. The number of para-hydroxylation sites is 1. The normalized spacial score (nSPS) is 19.9. The Hall–Kier alpha value is -1.81. The standard InChI is InChI=1S/C18H25NO3/c1-13(2)11-21-17(20)18(22-12-14(3)4)10-9-15-7-5-6-8-16(15)19-18/h5-10,13-14,19H,11-12H2,1-4H3. The monoisotopic (exact) mass is 303 g/mol. The van der Waals surface area contributed by atoms with Crippen LogP contribution < -0.4 is 5.32 Å². The minimum Gasteiger partial charge on any atom is -0.462 e. The highest BCUT2D eigenvalue weighted by molar-refractivity contribution is 5.90.